The van der Waals surface area contributed by atoms with Gasteiger partial charge in [-0.05, 0) is 25.0 Å². The Morgan fingerprint density at radius 3 is 2.39 bits per heavy atom. The van der Waals surface area contributed by atoms with E-state index in [1.165, 1.54) is 7.11 Å². The lowest BCUT2D eigenvalue weighted by atomic mass is 10.2. The van der Waals surface area contributed by atoms with Crippen molar-refractivity contribution in [3.05, 3.63) is 23.8 Å². The fraction of sp³-hybridized carbons (Fsp3) is 0.500. The molecule has 0 aliphatic carbocycles. The molecule has 0 radical (unpaired) electrons. The largest absolute Gasteiger partial charge is 0.493 e. The molecule has 0 bridgehead atoms. The van der Waals surface area contributed by atoms with E-state index in [9.17, 15) is 4.79 Å². The number of benzene rings is 1. The number of esters is 1. The lowest BCUT2D eigenvalue weighted by Crippen LogP contribution is -2.07. The molecule has 0 atom stereocenters. The van der Waals surface area contributed by atoms with E-state index in [1.54, 1.807) is 18.2 Å². The second-order valence-corrected chi connectivity index (χ2v) is 3.85. The predicted molar refractivity (Wildman–Crippen MR) is 69.4 cm³/mol. The van der Waals surface area contributed by atoms with Gasteiger partial charge in [0.1, 0.15) is 17.1 Å². The van der Waals surface area contributed by atoms with E-state index in [0.29, 0.717) is 30.3 Å². The normalized spacial score (nSPS) is 9.94. The molecule has 0 amide bonds. The third kappa shape index (κ3) is 3.95. The first-order valence-corrected chi connectivity index (χ1v) is 6.20. The second-order valence-electron chi connectivity index (χ2n) is 3.85. The molecule has 0 aromatic heterocycles. The summed E-state index contributed by atoms with van der Waals surface area (Å²) in [7, 11) is 1.35. The molecule has 4 nitrogen and oxygen atoms in total. The fourth-order valence-electron chi connectivity index (χ4n) is 1.42. The quantitative estimate of drug-likeness (QED) is 0.700. The van der Waals surface area contributed by atoms with Crippen molar-refractivity contribution >= 4 is 5.97 Å². The summed E-state index contributed by atoms with van der Waals surface area (Å²) >= 11 is 0. The third-order valence-corrected chi connectivity index (χ3v) is 2.29. The Kier molecular flexibility index (Phi) is 6.05. The van der Waals surface area contributed by atoms with E-state index in [-0.39, 0.29) is 0 Å². The first-order valence-electron chi connectivity index (χ1n) is 6.20. The molecular formula is C14H20O4. The molecule has 0 unspecified atom stereocenters. The van der Waals surface area contributed by atoms with Gasteiger partial charge in [0.2, 0.25) is 0 Å². The highest BCUT2D eigenvalue weighted by molar-refractivity contribution is 5.92. The Hall–Kier alpha value is -1.71. The van der Waals surface area contributed by atoms with Crippen molar-refractivity contribution in [2.45, 2.75) is 26.7 Å². The first-order chi connectivity index (χ1) is 8.72. The maximum absolute atomic E-state index is 11.6. The molecule has 0 N–H and O–H groups in total. The minimum Gasteiger partial charge on any atom is -0.493 e. The van der Waals surface area contributed by atoms with Gasteiger partial charge in [-0.1, -0.05) is 13.8 Å². The lowest BCUT2D eigenvalue weighted by Gasteiger charge is -2.12. The molecule has 1 aromatic carbocycles. The highest BCUT2D eigenvalue weighted by Crippen LogP contribution is 2.26. The number of ether oxygens (including phenoxy) is 3. The monoisotopic (exact) mass is 252 g/mol. The topological polar surface area (TPSA) is 44.8 Å². The zero-order valence-corrected chi connectivity index (χ0v) is 11.2. The van der Waals surface area contributed by atoms with Crippen LogP contribution in [0.4, 0.5) is 0 Å². The Morgan fingerprint density at radius 1 is 1.11 bits per heavy atom. The standard InChI is InChI=1S/C14H20O4/c1-4-8-17-11-6-7-12(14(15)16-3)13(10-11)18-9-5-2/h6-7,10H,4-5,8-9H2,1-3H3. The van der Waals surface area contributed by atoms with E-state index in [4.69, 9.17) is 14.2 Å². The maximum Gasteiger partial charge on any atom is 0.341 e. The van der Waals surface area contributed by atoms with Gasteiger partial charge in [-0.15, -0.1) is 0 Å². The molecule has 1 rings (SSSR count). The minimum absolute atomic E-state index is 0.400. The fourth-order valence-corrected chi connectivity index (χ4v) is 1.42. The molecule has 0 aliphatic rings. The van der Waals surface area contributed by atoms with Crippen LogP contribution in [0.1, 0.15) is 37.0 Å². The summed E-state index contributed by atoms with van der Waals surface area (Å²) in [4.78, 5) is 11.6. The summed E-state index contributed by atoms with van der Waals surface area (Å²) in [6.45, 7) is 5.25. The van der Waals surface area contributed by atoms with Crippen molar-refractivity contribution in [3.63, 3.8) is 0 Å². The van der Waals surface area contributed by atoms with Crippen LogP contribution in [0.5, 0.6) is 11.5 Å². The van der Waals surface area contributed by atoms with E-state index in [1.807, 2.05) is 13.8 Å². The summed E-state index contributed by atoms with van der Waals surface area (Å²) in [5, 5.41) is 0. The van der Waals surface area contributed by atoms with Gasteiger partial charge in [0.25, 0.3) is 0 Å². The van der Waals surface area contributed by atoms with Gasteiger partial charge in [-0.25, -0.2) is 4.79 Å². The van der Waals surface area contributed by atoms with E-state index < -0.39 is 5.97 Å². The predicted octanol–water partition coefficient (Wildman–Crippen LogP) is 3.05. The molecule has 0 saturated heterocycles. The molecule has 0 fully saturated rings. The van der Waals surface area contributed by atoms with Crippen LogP contribution >= 0.6 is 0 Å². The Labute approximate surface area is 108 Å². The Morgan fingerprint density at radius 2 is 1.78 bits per heavy atom. The average molecular weight is 252 g/mol. The number of hydrogen-bond acceptors (Lipinski definition) is 4. The number of carbonyl (C=O) groups is 1. The summed E-state index contributed by atoms with van der Waals surface area (Å²) in [5.41, 5.74) is 0.426. The number of methoxy groups -OCH3 is 1. The number of carbonyl (C=O) groups excluding carboxylic acids is 1. The summed E-state index contributed by atoms with van der Waals surface area (Å²) in [6, 6.07) is 5.15. The van der Waals surface area contributed by atoms with Crippen molar-refractivity contribution in [1.29, 1.82) is 0 Å². The van der Waals surface area contributed by atoms with Gasteiger partial charge in [-0.3, -0.25) is 0 Å². The van der Waals surface area contributed by atoms with Gasteiger partial charge >= 0.3 is 5.97 Å². The van der Waals surface area contributed by atoms with Crippen molar-refractivity contribution < 1.29 is 19.0 Å². The van der Waals surface area contributed by atoms with Crippen LogP contribution in [-0.2, 0) is 4.74 Å². The maximum atomic E-state index is 11.6. The molecule has 0 heterocycles. The lowest BCUT2D eigenvalue weighted by molar-refractivity contribution is 0.0596. The van der Waals surface area contributed by atoms with Gasteiger partial charge in [0.15, 0.2) is 0 Å². The van der Waals surface area contributed by atoms with Crippen LogP contribution in [0.3, 0.4) is 0 Å². The highest BCUT2D eigenvalue weighted by Gasteiger charge is 2.14. The van der Waals surface area contributed by atoms with Crippen LogP contribution in [0.15, 0.2) is 18.2 Å². The zero-order chi connectivity index (χ0) is 13.4. The Balaban J connectivity index is 2.92. The van der Waals surface area contributed by atoms with E-state index >= 15 is 0 Å². The number of rotatable bonds is 7. The van der Waals surface area contributed by atoms with Gasteiger partial charge in [0.05, 0.1) is 20.3 Å². The molecule has 4 heteroatoms. The molecule has 0 spiro atoms. The first kappa shape index (κ1) is 14.4. The van der Waals surface area contributed by atoms with Crippen molar-refractivity contribution in [3.8, 4) is 11.5 Å². The van der Waals surface area contributed by atoms with Crippen LogP contribution in [0, 0.1) is 0 Å². The SMILES string of the molecule is CCCOc1ccc(C(=O)OC)c(OCCC)c1. The molecule has 0 aliphatic heterocycles. The summed E-state index contributed by atoms with van der Waals surface area (Å²) in [6.07, 6.45) is 1.81. The van der Waals surface area contributed by atoms with Crippen molar-refractivity contribution in [1.82, 2.24) is 0 Å². The second kappa shape index (κ2) is 7.58. The third-order valence-electron chi connectivity index (χ3n) is 2.29. The van der Waals surface area contributed by atoms with Gasteiger partial charge in [0, 0.05) is 6.07 Å². The summed E-state index contributed by atoms with van der Waals surface area (Å²) < 4.78 is 15.8. The molecule has 1 aromatic rings. The molecule has 0 saturated carbocycles. The van der Waals surface area contributed by atoms with Gasteiger partial charge < -0.3 is 14.2 Å². The average Bonchev–Trinajstić information content (AvgIpc) is 2.42. The molecular weight excluding hydrogens is 232 g/mol. The van der Waals surface area contributed by atoms with Crippen LogP contribution in [-0.4, -0.2) is 26.3 Å². The Bertz CT molecular complexity index is 387. The van der Waals surface area contributed by atoms with E-state index in [0.717, 1.165) is 12.8 Å². The van der Waals surface area contributed by atoms with Crippen molar-refractivity contribution in [2.24, 2.45) is 0 Å². The highest BCUT2D eigenvalue weighted by atomic mass is 16.5. The van der Waals surface area contributed by atoms with Crippen LogP contribution in [0.25, 0.3) is 0 Å². The zero-order valence-electron chi connectivity index (χ0n) is 11.2. The van der Waals surface area contributed by atoms with Crippen molar-refractivity contribution in [2.75, 3.05) is 20.3 Å². The minimum atomic E-state index is -0.400. The summed E-state index contributed by atoms with van der Waals surface area (Å²) in [5.74, 6) is 0.816. The molecule has 100 valence electrons. The molecule has 18 heavy (non-hydrogen) atoms. The van der Waals surface area contributed by atoms with Gasteiger partial charge in [-0.2, -0.15) is 0 Å². The van der Waals surface area contributed by atoms with Crippen LogP contribution in [0.2, 0.25) is 0 Å². The van der Waals surface area contributed by atoms with Crippen LogP contribution < -0.4 is 9.47 Å². The van der Waals surface area contributed by atoms with E-state index in [2.05, 4.69) is 0 Å². The number of hydrogen-bond donors (Lipinski definition) is 0. The smallest absolute Gasteiger partial charge is 0.341 e.